The summed E-state index contributed by atoms with van der Waals surface area (Å²) < 4.78 is 14.0. The van der Waals surface area contributed by atoms with Gasteiger partial charge >= 0.3 is 0 Å². The van der Waals surface area contributed by atoms with Crippen LogP contribution in [0.15, 0.2) is 37.2 Å². The van der Waals surface area contributed by atoms with Crippen LogP contribution >= 0.6 is 0 Å². The van der Waals surface area contributed by atoms with E-state index in [0.717, 1.165) is 35.3 Å². The predicted octanol–water partition coefficient (Wildman–Crippen LogP) is 2.33. The summed E-state index contributed by atoms with van der Waals surface area (Å²) in [6.07, 6.45) is 9.06. The number of hydrogen-bond donors (Lipinski definition) is 0. The molecule has 0 saturated carbocycles. The van der Waals surface area contributed by atoms with Gasteiger partial charge in [0.1, 0.15) is 6.33 Å². The second-order valence-corrected chi connectivity index (χ2v) is 6.15. The maximum Gasteiger partial charge on any atom is 0.217 e. The van der Waals surface area contributed by atoms with Crippen LogP contribution in [0.3, 0.4) is 0 Å². The molecule has 0 aromatic carbocycles. The van der Waals surface area contributed by atoms with E-state index in [4.69, 9.17) is 0 Å². The van der Waals surface area contributed by atoms with Crippen LogP contribution in [-0.2, 0) is 19.5 Å². The summed E-state index contributed by atoms with van der Waals surface area (Å²) in [4.78, 5) is 23.1. The van der Waals surface area contributed by atoms with Crippen molar-refractivity contribution in [3.05, 3.63) is 65.5 Å². The Morgan fingerprint density at radius 2 is 2.00 bits per heavy atom. The number of aromatic nitrogens is 5. The second-order valence-electron chi connectivity index (χ2n) is 6.15. The van der Waals surface area contributed by atoms with Crippen LogP contribution in [0.5, 0.6) is 0 Å². The Bertz CT molecular complexity index is 879. The molecule has 0 bridgehead atoms. The minimum Gasteiger partial charge on any atom is -0.294 e. The lowest BCUT2D eigenvalue weighted by atomic mass is 10.0. The Labute approximate surface area is 144 Å². The smallest absolute Gasteiger partial charge is 0.217 e. The Morgan fingerprint density at radius 3 is 2.80 bits per heavy atom. The molecule has 0 aliphatic carbocycles. The molecular weight excluding hydrogens is 319 g/mol. The summed E-state index contributed by atoms with van der Waals surface area (Å²) in [6.45, 7) is 3.98. The van der Waals surface area contributed by atoms with Crippen molar-refractivity contribution in [3.63, 3.8) is 0 Å². The molecule has 1 aliphatic heterocycles. The minimum absolute atomic E-state index is 0.388. The van der Waals surface area contributed by atoms with E-state index in [0.29, 0.717) is 24.5 Å². The fourth-order valence-corrected chi connectivity index (χ4v) is 3.03. The average molecular weight is 336 g/mol. The van der Waals surface area contributed by atoms with Gasteiger partial charge in [0.15, 0.2) is 5.82 Å². The third kappa shape index (κ3) is 3.23. The van der Waals surface area contributed by atoms with Gasteiger partial charge in [0.05, 0.1) is 11.3 Å². The lowest BCUT2D eigenvalue weighted by molar-refractivity contribution is 0.238. The van der Waals surface area contributed by atoms with E-state index >= 15 is 0 Å². The third-order valence-electron chi connectivity index (χ3n) is 4.45. The number of pyridine rings is 1. The van der Waals surface area contributed by atoms with Crippen molar-refractivity contribution >= 4 is 0 Å². The van der Waals surface area contributed by atoms with Crippen molar-refractivity contribution in [2.24, 2.45) is 0 Å². The van der Waals surface area contributed by atoms with Gasteiger partial charge in [0.2, 0.25) is 5.95 Å². The lowest BCUT2D eigenvalue weighted by Gasteiger charge is -2.28. The van der Waals surface area contributed by atoms with Gasteiger partial charge in [-0.1, -0.05) is 0 Å². The molecule has 0 fully saturated rings. The first kappa shape index (κ1) is 15.7. The molecule has 0 spiro atoms. The van der Waals surface area contributed by atoms with Gasteiger partial charge in [-0.15, -0.1) is 0 Å². The van der Waals surface area contributed by atoms with Crippen molar-refractivity contribution in [2.75, 3.05) is 6.54 Å². The normalized spacial score (nSPS) is 14.3. The first-order valence-electron chi connectivity index (χ1n) is 8.13. The molecule has 3 aromatic rings. The molecule has 4 rings (SSSR count). The van der Waals surface area contributed by atoms with Crippen LogP contribution in [0.4, 0.5) is 4.39 Å². The number of hydrogen-bond acceptors (Lipinski definition) is 6. The Hall–Kier alpha value is -2.80. The molecule has 3 aromatic heterocycles. The van der Waals surface area contributed by atoms with Crippen molar-refractivity contribution < 1.29 is 4.39 Å². The zero-order valence-corrected chi connectivity index (χ0v) is 13.9. The van der Waals surface area contributed by atoms with Gasteiger partial charge < -0.3 is 0 Å². The standard InChI is InChI=1S/C18H17FN6/c1-12-2-4-22-17(19)15(12)10-25-5-3-16-14(9-25)8-23-18(24-16)13-6-20-11-21-7-13/h2,4,6-8,11H,3,5,9-10H2,1H3. The Kier molecular flexibility index (Phi) is 4.15. The summed E-state index contributed by atoms with van der Waals surface area (Å²) in [5.41, 5.74) is 4.50. The highest BCUT2D eigenvalue weighted by atomic mass is 19.1. The molecular formula is C18H17FN6. The van der Waals surface area contributed by atoms with Gasteiger partial charge in [-0.2, -0.15) is 4.39 Å². The zero-order chi connectivity index (χ0) is 17.2. The van der Waals surface area contributed by atoms with E-state index in [1.54, 1.807) is 12.4 Å². The molecule has 0 amide bonds. The quantitative estimate of drug-likeness (QED) is 0.684. The molecule has 4 heterocycles. The topological polar surface area (TPSA) is 67.7 Å². The van der Waals surface area contributed by atoms with E-state index in [-0.39, 0.29) is 5.95 Å². The van der Waals surface area contributed by atoms with Crippen LogP contribution in [0, 0.1) is 12.9 Å². The van der Waals surface area contributed by atoms with E-state index in [9.17, 15) is 4.39 Å². The second kappa shape index (κ2) is 6.60. The highest BCUT2D eigenvalue weighted by Gasteiger charge is 2.21. The molecule has 0 N–H and O–H groups in total. The van der Waals surface area contributed by atoms with E-state index in [1.807, 2.05) is 19.2 Å². The minimum atomic E-state index is -0.388. The summed E-state index contributed by atoms with van der Waals surface area (Å²) in [5, 5.41) is 0. The summed E-state index contributed by atoms with van der Waals surface area (Å²) in [7, 11) is 0. The molecule has 7 heteroatoms. The highest BCUT2D eigenvalue weighted by molar-refractivity contribution is 5.52. The Balaban J connectivity index is 1.54. The van der Waals surface area contributed by atoms with Crippen LogP contribution in [0.2, 0.25) is 0 Å². The van der Waals surface area contributed by atoms with E-state index in [2.05, 4.69) is 29.8 Å². The maximum atomic E-state index is 14.0. The number of halogens is 1. The fraction of sp³-hybridized carbons (Fsp3) is 0.278. The predicted molar refractivity (Wildman–Crippen MR) is 89.8 cm³/mol. The van der Waals surface area contributed by atoms with Gasteiger partial charge in [-0.05, 0) is 18.6 Å². The number of fused-ring (bicyclic) bond motifs is 1. The van der Waals surface area contributed by atoms with Crippen molar-refractivity contribution in [1.29, 1.82) is 0 Å². The molecule has 126 valence electrons. The van der Waals surface area contributed by atoms with Crippen LogP contribution < -0.4 is 0 Å². The van der Waals surface area contributed by atoms with E-state index < -0.39 is 0 Å². The van der Waals surface area contributed by atoms with Crippen LogP contribution in [0.1, 0.15) is 22.4 Å². The van der Waals surface area contributed by atoms with Gasteiger partial charge in [0.25, 0.3) is 0 Å². The molecule has 0 saturated heterocycles. The summed E-state index contributed by atoms with van der Waals surface area (Å²) in [6, 6.07) is 1.84. The number of rotatable bonds is 3. The van der Waals surface area contributed by atoms with Crippen molar-refractivity contribution in [3.8, 4) is 11.4 Å². The third-order valence-corrected chi connectivity index (χ3v) is 4.45. The molecule has 25 heavy (non-hydrogen) atoms. The van der Waals surface area contributed by atoms with E-state index in [1.165, 1.54) is 12.5 Å². The molecule has 6 nitrogen and oxygen atoms in total. The molecule has 0 unspecified atom stereocenters. The largest absolute Gasteiger partial charge is 0.294 e. The molecule has 1 aliphatic rings. The van der Waals surface area contributed by atoms with Crippen molar-refractivity contribution in [2.45, 2.75) is 26.4 Å². The van der Waals surface area contributed by atoms with Gasteiger partial charge in [-0.25, -0.2) is 24.9 Å². The van der Waals surface area contributed by atoms with Crippen LogP contribution in [-0.4, -0.2) is 36.4 Å². The number of nitrogens with zero attached hydrogens (tertiary/aromatic N) is 6. The Morgan fingerprint density at radius 1 is 1.16 bits per heavy atom. The first-order chi connectivity index (χ1) is 12.2. The number of aryl methyl sites for hydroxylation is 1. The van der Waals surface area contributed by atoms with Crippen LogP contribution in [0.25, 0.3) is 11.4 Å². The summed E-state index contributed by atoms with van der Waals surface area (Å²) in [5.74, 6) is 0.253. The zero-order valence-electron chi connectivity index (χ0n) is 13.9. The fourth-order valence-electron chi connectivity index (χ4n) is 3.03. The SMILES string of the molecule is Cc1ccnc(F)c1CN1CCc2nc(-c3cncnc3)ncc2C1. The van der Waals surface area contributed by atoms with Crippen molar-refractivity contribution in [1.82, 2.24) is 29.8 Å². The summed E-state index contributed by atoms with van der Waals surface area (Å²) >= 11 is 0. The highest BCUT2D eigenvalue weighted by Crippen LogP contribution is 2.22. The average Bonchev–Trinajstić information content (AvgIpc) is 2.65. The molecule has 0 atom stereocenters. The maximum absolute atomic E-state index is 14.0. The first-order valence-corrected chi connectivity index (χ1v) is 8.13. The lowest BCUT2D eigenvalue weighted by Crippen LogP contribution is -2.31. The monoisotopic (exact) mass is 336 g/mol. The van der Waals surface area contributed by atoms with Gasteiger partial charge in [0, 0.05) is 62.0 Å². The van der Waals surface area contributed by atoms with Gasteiger partial charge in [-0.3, -0.25) is 4.90 Å². The molecule has 0 radical (unpaired) electrons.